The smallest absolute Gasteiger partial charge is 0.217 e. The van der Waals surface area contributed by atoms with E-state index in [2.05, 4.69) is 17.1 Å². The Morgan fingerprint density at radius 2 is 2.19 bits per heavy atom. The van der Waals surface area contributed by atoms with Crippen LogP contribution in [0.5, 0.6) is 11.5 Å². The Bertz CT molecular complexity index is 648. The van der Waals surface area contributed by atoms with Crippen LogP contribution in [0.15, 0.2) is 23.2 Å². The number of nitrogens with two attached hydrogens (primary N) is 1. The van der Waals surface area contributed by atoms with Crippen molar-refractivity contribution in [2.24, 2.45) is 16.6 Å². The molecule has 1 atom stereocenters. The molecule has 0 aliphatic carbocycles. The molecular weight excluding hydrogens is 344 g/mol. The van der Waals surface area contributed by atoms with Crippen LogP contribution in [0.4, 0.5) is 0 Å². The van der Waals surface area contributed by atoms with Gasteiger partial charge in [0, 0.05) is 32.6 Å². The maximum Gasteiger partial charge on any atom is 0.217 e. The van der Waals surface area contributed by atoms with Crippen LogP contribution in [-0.4, -0.2) is 57.2 Å². The van der Waals surface area contributed by atoms with Gasteiger partial charge in [-0.3, -0.25) is 9.79 Å². The Morgan fingerprint density at radius 1 is 1.37 bits per heavy atom. The van der Waals surface area contributed by atoms with Crippen LogP contribution in [0.25, 0.3) is 0 Å². The largest absolute Gasteiger partial charge is 0.497 e. The number of hydrogen-bond acceptors (Lipinski definition) is 4. The van der Waals surface area contributed by atoms with Gasteiger partial charge >= 0.3 is 0 Å². The quantitative estimate of drug-likeness (QED) is 0.533. The van der Waals surface area contributed by atoms with Crippen molar-refractivity contribution in [3.63, 3.8) is 0 Å². The van der Waals surface area contributed by atoms with E-state index in [0.29, 0.717) is 18.9 Å². The normalized spacial score (nSPS) is 17.5. The molecule has 27 heavy (non-hydrogen) atoms. The van der Waals surface area contributed by atoms with E-state index in [1.54, 1.807) is 14.2 Å². The number of piperidine rings is 1. The number of carbonyl (C=O) groups excluding carboxylic acids is 1. The molecule has 7 nitrogen and oxygen atoms in total. The number of aliphatic imine (C=N–C) groups is 1. The molecule has 7 heteroatoms. The second kappa shape index (κ2) is 10.6. The van der Waals surface area contributed by atoms with Crippen molar-refractivity contribution in [2.75, 3.05) is 40.4 Å². The fourth-order valence-corrected chi connectivity index (χ4v) is 3.49. The highest BCUT2D eigenvalue weighted by Crippen LogP contribution is 2.24. The van der Waals surface area contributed by atoms with E-state index in [1.807, 2.05) is 18.2 Å². The molecule has 1 unspecified atom stereocenters. The lowest BCUT2D eigenvalue weighted by molar-refractivity contribution is -0.119. The molecule has 0 aromatic heterocycles. The number of rotatable bonds is 8. The van der Waals surface area contributed by atoms with Gasteiger partial charge in [-0.1, -0.05) is 0 Å². The number of methoxy groups -OCH3 is 2. The molecule has 0 radical (unpaired) electrons. The lowest BCUT2D eigenvalue weighted by atomic mass is 9.95. The fourth-order valence-electron chi connectivity index (χ4n) is 3.49. The maximum absolute atomic E-state index is 11.2. The average molecular weight is 377 g/mol. The lowest BCUT2D eigenvalue weighted by Crippen LogP contribution is -2.47. The molecule has 1 aliphatic heterocycles. The predicted molar refractivity (Wildman–Crippen MR) is 107 cm³/mol. The molecule has 1 heterocycles. The monoisotopic (exact) mass is 376 g/mol. The third-order valence-electron chi connectivity index (χ3n) is 4.77. The molecule has 150 valence electrons. The third-order valence-corrected chi connectivity index (χ3v) is 4.77. The van der Waals surface area contributed by atoms with Crippen molar-refractivity contribution in [1.82, 2.24) is 10.2 Å². The van der Waals surface area contributed by atoms with Gasteiger partial charge in [-0.25, -0.2) is 0 Å². The minimum atomic E-state index is -0.228. The van der Waals surface area contributed by atoms with Crippen molar-refractivity contribution in [1.29, 1.82) is 0 Å². The maximum atomic E-state index is 11.2. The first-order chi connectivity index (χ1) is 13.1. The first-order valence-corrected chi connectivity index (χ1v) is 9.59. The van der Waals surface area contributed by atoms with E-state index in [-0.39, 0.29) is 5.91 Å². The van der Waals surface area contributed by atoms with Crippen molar-refractivity contribution in [2.45, 2.75) is 32.6 Å². The van der Waals surface area contributed by atoms with Gasteiger partial charge in [0.15, 0.2) is 5.96 Å². The summed E-state index contributed by atoms with van der Waals surface area (Å²) in [7, 11) is 3.33. The van der Waals surface area contributed by atoms with Crippen molar-refractivity contribution >= 4 is 11.9 Å². The van der Waals surface area contributed by atoms with Crippen molar-refractivity contribution in [3.8, 4) is 11.5 Å². The minimum absolute atomic E-state index is 0.228. The number of guanidine groups is 1. The molecule has 1 aromatic rings. The topological polar surface area (TPSA) is 89.2 Å². The Hall–Kier alpha value is -2.44. The molecule has 0 bridgehead atoms. The number of likely N-dealkylation sites (tertiary alicyclic amines) is 1. The minimum Gasteiger partial charge on any atom is -0.497 e. The number of amides is 1. The summed E-state index contributed by atoms with van der Waals surface area (Å²) >= 11 is 0. The third kappa shape index (κ3) is 6.34. The molecule has 1 fully saturated rings. The Morgan fingerprint density at radius 3 is 2.85 bits per heavy atom. The van der Waals surface area contributed by atoms with Gasteiger partial charge in [0.1, 0.15) is 11.5 Å². The highest BCUT2D eigenvalue weighted by atomic mass is 16.5. The van der Waals surface area contributed by atoms with Crippen LogP contribution in [0, 0.1) is 5.92 Å². The Balaban J connectivity index is 2.04. The number of nitrogens with zero attached hydrogens (tertiary/aromatic N) is 2. The zero-order valence-electron chi connectivity index (χ0n) is 16.7. The van der Waals surface area contributed by atoms with Crippen LogP contribution in [0.2, 0.25) is 0 Å². The van der Waals surface area contributed by atoms with Crippen LogP contribution in [0.1, 0.15) is 31.7 Å². The SMILES string of the molecule is CCNC(=NCCc1cc(OC)ccc1OC)N1CCCC(CC(N)=O)C1. The molecule has 2 rings (SSSR count). The zero-order chi connectivity index (χ0) is 19.6. The van der Waals surface area contributed by atoms with Gasteiger partial charge in [-0.15, -0.1) is 0 Å². The number of benzene rings is 1. The Kier molecular flexibility index (Phi) is 8.23. The summed E-state index contributed by atoms with van der Waals surface area (Å²) in [4.78, 5) is 18.3. The standard InChI is InChI=1S/C20H32N4O3/c1-4-22-20(24-11-5-6-15(14-24)12-19(21)25)23-10-9-16-13-17(26-2)7-8-18(16)27-3/h7-8,13,15H,4-6,9-12,14H2,1-3H3,(H2,21,25)(H,22,23). The summed E-state index contributed by atoms with van der Waals surface area (Å²) in [5, 5.41) is 3.37. The molecule has 1 aromatic carbocycles. The van der Waals surface area contributed by atoms with Crippen molar-refractivity contribution < 1.29 is 14.3 Å². The number of primary amides is 1. The second-order valence-electron chi connectivity index (χ2n) is 6.79. The van der Waals surface area contributed by atoms with E-state index in [9.17, 15) is 4.79 Å². The summed E-state index contributed by atoms with van der Waals surface area (Å²) in [6.07, 6.45) is 3.29. The summed E-state index contributed by atoms with van der Waals surface area (Å²) in [6, 6.07) is 5.80. The number of carbonyl (C=O) groups is 1. The van der Waals surface area contributed by atoms with Crippen LogP contribution in [0.3, 0.4) is 0 Å². The zero-order valence-corrected chi connectivity index (χ0v) is 16.7. The average Bonchev–Trinajstić information content (AvgIpc) is 2.67. The first kappa shape index (κ1) is 20.9. The predicted octanol–water partition coefficient (Wildman–Crippen LogP) is 1.80. The number of nitrogens with one attached hydrogen (secondary N) is 1. The van der Waals surface area contributed by atoms with Crippen LogP contribution in [-0.2, 0) is 11.2 Å². The van der Waals surface area contributed by atoms with Gasteiger partial charge in [-0.05, 0) is 55.9 Å². The van der Waals surface area contributed by atoms with Gasteiger partial charge < -0.3 is 25.4 Å². The first-order valence-electron chi connectivity index (χ1n) is 9.59. The van der Waals surface area contributed by atoms with Crippen LogP contribution >= 0.6 is 0 Å². The molecular formula is C20H32N4O3. The van der Waals surface area contributed by atoms with Crippen LogP contribution < -0.4 is 20.5 Å². The highest BCUT2D eigenvalue weighted by molar-refractivity contribution is 5.80. The van der Waals surface area contributed by atoms with Gasteiger partial charge in [-0.2, -0.15) is 0 Å². The Labute approximate surface area is 161 Å². The molecule has 0 spiro atoms. The lowest BCUT2D eigenvalue weighted by Gasteiger charge is -2.34. The summed E-state index contributed by atoms with van der Waals surface area (Å²) < 4.78 is 10.8. The van der Waals surface area contributed by atoms with E-state index < -0.39 is 0 Å². The summed E-state index contributed by atoms with van der Waals surface area (Å²) in [5.41, 5.74) is 6.44. The summed E-state index contributed by atoms with van der Waals surface area (Å²) in [6.45, 7) is 5.27. The molecule has 1 amide bonds. The van der Waals surface area contributed by atoms with E-state index in [0.717, 1.165) is 61.9 Å². The molecule has 3 N–H and O–H groups in total. The fraction of sp³-hybridized carbons (Fsp3) is 0.600. The van der Waals surface area contributed by atoms with Crippen molar-refractivity contribution in [3.05, 3.63) is 23.8 Å². The number of hydrogen-bond donors (Lipinski definition) is 2. The highest BCUT2D eigenvalue weighted by Gasteiger charge is 2.23. The summed E-state index contributed by atoms with van der Waals surface area (Å²) in [5.74, 6) is 2.63. The second-order valence-corrected chi connectivity index (χ2v) is 6.79. The van der Waals surface area contributed by atoms with E-state index in [1.165, 1.54) is 0 Å². The van der Waals surface area contributed by atoms with E-state index >= 15 is 0 Å². The van der Waals surface area contributed by atoms with Gasteiger partial charge in [0.05, 0.1) is 14.2 Å². The van der Waals surface area contributed by atoms with Gasteiger partial charge in [0.25, 0.3) is 0 Å². The van der Waals surface area contributed by atoms with Gasteiger partial charge in [0.2, 0.25) is 5.91 Å². The number of ether oxygens (including phenoxy) is 2. The van der Waals surface area contributed by atoms with E-state index in [4.69, 9.17) is 20.2 Å². The molecule has 1 aliphatic rings. The molecule has 0 saturated carbocycles. The molecule has 1 saturated heterocycles.